The van der Waals surface area contributed by atoms with Crippen LogP contribution in [-0.4, -0.2) is 35.4 Å². The second-order valence-corrected chi connectivity index (χ2v) is 2.36. The van der Waals surface area contributed by atoms with Crippen molar-refractivity contribution in [3.8, 4) is 0 Å². The minimum absolute atomic E-state index is 0.121. The lowest BCUT2D eigenvalue weighted by molar-refractivity contribution is -0.144. The first kappa shape index (κ1) is 9.39. The number of carboxylic acids is 1. The molecule has 0 saturated carbocycles. The predicted octanol–water partition coefficient (Wildman–Crippen LogP) is -0.569. The molecule has 0 aliphatic rings. The molecule has 4 heteroatoms. The average molecular weight is 147 g/mol. The summed E-state index contributed by atoms with van der Waals surface area (Å²) in [6.07, 6.45) is 0.221. The van der Waals surface area contributed by atoms with E-state index in [0.717, 1.165) is 0 Å². The molecule has 3 N–H and O–H groups in total. The summed E-state index contributed by atoms with van der Waals surface area (Å²) in [5.74, 6) is -0.941. The molecule has 0 spiro atoms. The van der Waals surface area contributed by atoms with Crippen molar-refractivity contribution in [1.82, 2.24) is 5.32 Å². The van der Waals surface area contributed by atoms with E-state index < -0.39 is 11.5 Å². The van der Waals surface area contributed by atoms with Gasteiger partial charge in [0, 0.05) is 6.61 Å². The molecule has 0 rings (SSSR count). The highest BCUT2D eigenvalue weighted by Gasteiger charge is 2.29. The fourth-order valence-electron chi connectivity index (χ4n) is 0.562. The first-order chi connectivity index (χ1) is 4.56. The van der Waals surface area contributed by atoms with Gasteiger partial charge in [-0.1, -0.05) is 0 Å². The van der Waals surface area contributed by atoms with Gasteiger partial charge in [-0.15, -0.1) is 0 Å². The van der Waals surface area contributed by atoms with E-state index in [2.05, 4.69) is 5.32 Å². The number of carboxylic acid groups (broad SMARTS) is 1. The number of carbonyl (C=O) groups is 1. The zero-order valence-corrected chi connectivity index (χ0v) is 6.22. The number of rotatable bonds is 4. The second kappa shape index (κ2) is 3.53. The Kier molecular flexibility index (Phi) is 3.32. The zero-order chi connectivity index (χ0) is 8.20. The van der Waals surface area contributed by atoms with Crippen LogP contribution in [0.25, 0.3) is 0 Å². The minimum Gasteiger partial charge on any atom is -0.480 e. The van der Waals surface area contributed by atoms with Gasteiger partial charge in [-0.25, -0.2) is 0 Å². The van der Waals surface area contributed by atoms with Crippen LogP contribution >= 0.6 is 0 Å². The first-order valence-corrected chi connectivity index (χ1v) is 3.10. The summed E-state index contributed by atoms with van der Waals surface area (Å²) in [5.41, 5.74) is -0.991. The van der Waals surface area contributed by atoms with Crippen LogP contribution < -0.4 is 5.32 Å². The topological polar surface area (TPSA) is 69.6 Å². The number of aliphatic hydroxyl groups is 1. The summed E-state index contributed by atoms with van der Waals surface area (Å²) >= 11 is 0. The van der Waals surface area contributed by atoms with Crippen molar-refractivity contribution in [2.75, 3.05) is 13.7 Å². The van der Waals surface area contributed by atoms with E-state index in [4.69, 9.17) is 10.2 Å². The van der Waals surface area contributed by atoms with Gasteiger partial charge in [0.25, 0.3) is 0 Å². The molecule has 0 aromatic carbocycles. The van der Waals surface area contributed by atoms with Crippen molar-refractivity contribution in [3.63, 3.8) is 0 Å². The van der Waals surface area contributed by atoms with Crippen LogP contribution in [-0.2, 0) is 4.79 Å². The molecule has 1 atom stereocenters. The summed E-state index contributed by atoms with van der Waals surface area (Å²) < 4.78 is 0. The summed E-state index contributed by atoms with van der Waals surface area (Å²) in [6, 6.07) is 0. The maximum Gasteiger partial charge on any atom is 0.323 e. The summed E-state index contributed by atoms with van der Waals surface area (Å²) in [6.45, 7) is 1.41. The molecule has 0 aliphatic heterocycles. The standard InChI is InChI=1S/C6H13NO3/c1-6(7-2,3-4-8)5(9)10/h7-8H,3-4H2,1-2H3,(H,9,10)/t6-/m0/s1. The monoisotopic (exact) mass is 147 g/mol. The summed E-state index contributed by atoms with van der Waals surface area (Å²) in [5, 5.41) is 19.7. The van der Waals surface area contributed by atoms with E-state index in [-0.39, 0.29) is 13.0 Å². The Labute approximate surface area is 59.9 Å². The molecule has 0 aromatic rings. The lowest BCUT2D eigenvalue weighted by Crippen LogP contribution is -2.48. The maximum absolute atomic E-state index is 10.5. The van der Waals surface area contributed by atoms with Gasteiger partial charge in [0.2, 0.25) is 0 Å². The molecule has 0 saturated heterocycles. The second-order valence-electron chi connectivity index (χ2n) is 2.36. The lowest BCUT2D eigenvalue weighted by Gasteiger charge is -2.22. The van der Waals surface area contributed by atoms with E-state index in [0.29, 0.717) is 0 Å². The third-order valence-corrected chi connectivity index (χ3v) is 1.64. The molecule has 60 valence electrons. The van der Waals surface area contributed by atoms with Gasteiger partial charge in [-0.05, 0) is 20.4 Å². The average Bonchev–Trinajstić information content (AvgIpc) is 1.88. The van der Waals surface area contributed by atoms with Crippen LogP contribution in [0.3, 0.4) is 0 Å². The molecule has 10 heavy (non-hydrogen) atoms. The smallest absolute Gasteiger partial charge is 0.323 e. The molecule has 0 fully saturated rings. The van der Waals surface area contributed by atoms with Crippen LogP contribution in [0.4, 0.5) is 0 Å². The van der Waals surface area contributed by atoms with Crippen LogP contribution in [0.15, 0.2) is 0 Å². The molecule has 0 heterocycles. The highest BCUT2D eigenvalue weighted by Crippen LogP contribution is 2.07. The van der Waals surface area contributed by atoms with E-state index in [1.807, 2.05) is 0 Å². The van der Waals surface area contributed by atoms with Crippen molar-refractivity contribution < 1.29 is 15.0 Å². The number of likely N-dealkylation sites (N-methyl/N-ethyl adjacent to an activating group) is 1. The van der Waals surface area contributed by atoms with Gasteiger partial charge < -0.3 is 15.5 Å². The predicted molar refractivity (Wildman–Crippen MR) is 36.8 cm³/mol. The van der Waals surface area contributed by atoms with Gasteiger partial charge in [0.1, 0.15) is 5.54 Å². The molecule has 0 unspecified atom stereocenters. The first-order valence-electron chi connectivity index (χ1n) is 3.10. The Bertz CT molecular complexity index is 126. The van der Waals surface area contributed by atoms with Gasteiger partial charge >= 0.3 is 5.97 Å². The number of aliphatic carboxylic acids is 1. The Morgan fingerprint density at radius 2 is 2.20 bits per heavy atom. The van der Waals surface area contributed by atoms with Crippen molar-refractivity contribution in [2.45, 2.75) is 18.9 Å². The molecule has 0 amide bonds. The Morgan fingerprint density at radius 3 is 2.30 bits per heavy atom. The quantitative estimate of drug-likeness (QED) is 0.498. The third-order valence-electron chi connectivity index (χ3n) is 1.64. The van der Waals surface area contributed by atoms with E-state index in [9.17, 15) is 4.79 Å². The number of nitrogens with one attached hydrogen (secondary N) is 1. The van der Waals surface area contributed by atoms with Crippen molar-refractivity contribution in [1.29, 1.82) is 0 Å². The van der Waals surface area contributed by atoms with E-state index in [1.165, 1.54) is 6.92 Å². The highest BCUT2D eigenvalue weighted by atomic mass is 16.4. The summed E-state index contributed by atoms with van der Waals surface area (Å²) in [4.78, 5) is 10.5. The van der Waals surface area contributed by atoms with Crippen molar-refractivity contribution >= 4 is 5.97 Å². The third kappa shape index (κ3) is 1.97. The van der Waals surface area contributed by atoms with Crippen LogP contribution in [0.2, 0.25) is 0 Å². The SMILES string of the molecule is CN[C@@](C)(CCO)C(=O)O. The molecule has 0 radical (unpaired) electrons. The van der Waals surface area contributed by atoms with Gasteiger partial charge in [0.15, 0.2) is 0 Å². The highest BCUT2D eigenvalue weighted by molar-refractivity contribution is 5.78. The normalized spacial score (nSPS) is 16.3. The number of hydrogen-bond donors (Lipinski definition) is 3. The van der Waals surface area contributed by atoms with Gasteiger partial charge in [-0.2, -0.15) is 0 Å². The molecule has 0 bridgehead atoms. The molecule has 4 nitrogen and oxygen atoms in total. The Balaban J connectivity index is 4.08. The molecule has 0 aromatic heterocycles. The fraction of sp³-hybridized carbons (Fsp3) is 0.833. The molecular formula is C6H13NO3. The fourth-order valence-corrected chi connectivity index (χ4v) is 0.562. The molecule has 0 aliphatic carbocycles. The van der Waals surface area contributed by atoms with Crippen LogP contribution in [0.1, 0.15) is 13.3 Å². The van der Waals surface area contributed by atoms with E-state index >= 15 is 0 Å². The van der Waals surface area contributed by atoms with E-state index in [1.54, 1.807) is 7.05 Å². The molecular weight excluding hydrogens is 134 g/mol. The van der Waals surface area contributed by atoms with Crippen LogP contribution in [0, 0.1) is 0 Å². The maximum atomic E-state index is 10.5. The zero-order valence-electron chi connectivity index (χ0n) is 6.22. The summed E-state index contributed by atoms with van der Waals surface area (Å²) in [7, 11) is 1.56. The number of aliphatic hydroxyl groups excluding tert-OH is 1. The van der Waals surface area contributed by atoms with Crippen molar-refractivity contribution in [2.24, 2.45) is 0 Å². The van der Waals surface area contributed by atoms with Crippen molar-refractivity contribution in [3.05, 3.63) is 0 Å². The Hall–Kier alpha value is -0.610. The largest absolute Gasteiger partial charge is 0.480 e. The van der Waals surface area contributed by atoms with Crippen LogP contribution in [0.5, 0.6) is 0 Å². The minimum atomic E-state index is -0.991. The van der Waals surface area contributed by atoms with Gasteiger partial charge in [0.05, 0.1) is 0 Å². The lowest BCUT2D eigenvalue weighted by atomic mass is 9.99. The number of hydrogen-bond acceptors (Lipinski definition) is 3. The van der Waals surface area contributed by atoms with Gasteiger partial charge in [-0.3, -0.25) is 4.79 Å². The Morgan fingerprint density at radius 1 is 1.70 bits per heavy atom.